The molecule has 2 aromatic heterocycles. The minimum Gasteiger partial charge on any atom is -0.497 e. The van der Waals surface area contributed by atoms with Gasteiger partial charge in [-0.3, -0.25) is 24.5 Å². The van der Waals surface area contributed by atoms with Crippen LogP contribution in [-0.2, 0) is 24.6 Å². The lowest BCUT2D eigenvalue weighted by Crippen LogP contribution is -2.40. The Morgan fingerprint density at radius 2 is 1.33 bits per heavy atom. The summed E-state index contributed by atoms with van der Waals surface area (Å²) in [7, 11) is 3.26. The first kappa shape index (κ1) is 48.4. The van der Waals surface area contributed by atoms with Crippen molar-refractivity contribution in [1.82, 2.24) is 19.5 Å². The highest BCUT2D eigenvalue weighted by molar-refractivity contribution is 5.91. The molecule has 0 unspecified atom stereocenters. The first-order valence-corrected chi connectivity index (χ1v) is 23.4. The van der Waals surface area contributed by atoms with E-state index in [1.165, 1.54) is 77.0 Å². The van der Waals surface area contributed by atoms with Gasteiger partial charge in [0.15, 0.2) is 17.4 Å². The molecule has 64 heavy (non-hydrogen) atoms. The average Bonchev–Trinajstić information content (AvgIpc) is 3.88. The van der Waals surface area contributed by atoms with Crippen molar-refractivity contribution >= 4 is 23.0 Å². The summed E-state index contributed by atoms with van der Waals surface area (Å²) < 4.78 is 33.1. The van der Waals surface area contributed by atoms with E-state index in [0.717, 1.165) is 36.0 Å². The molecule has 0 radical (unpaired) electrons. The maximum absolute atomic E-state index is 13.2. The Labute approximate surface area is 378 Å². The van der Waals surface area contributed by atoms with Crippen molar-refractivity contribution in [1.29, 1.82) is 0 Å². The molecule has 3 N–H and O–H groups in total. The highest BCUT2D eigenvalue weighted by Crippen LogP contribution is 2.43. The molecule has 1 saturated heterocycles. The van der Waals surface area contributed by atoms with E-state index < -0.39 is 35.7 Å². The molecule has 13 heteroatoms. The summed E-state index contributed by atoms with van der Waals surface area (Å²) in [5.41, 5.74) is 1.09. The highest BCUT2D eigenvalue weighted by Gasteiger charge is 2.48. The van der Waals surface area contributed by atoms with Crippen LogP contribution in [0.15, 0.2) is 90.0 Å². The summed E-state index contributed by atoms with van der Waals surface area (Å²) in [5.74, 6) is 0.741. The molecule has 0 aliphatic carbocycles. The molecule has 346 valence electrons. The van der Waals surface area contributed by atoms with Crippen molar-refractivity contribution in [3.8, 4) is 11.5 Å². The number of amides is 1. The largest absolute Gasteiger partial charge is 0.497 e. The summed E-state index contributed by atoms with van der Waals surface area (Å²) in [4.78, 5) is 37.5. The van der Waals surface area contributed by atoms with E-state index in [-0.39, 0.29) is 35.5 Å². The van der Waals surface area contributed by atoms with Crippen LogP contribution in [-0.4, -0.2) is 76.3 Å². The molecule has 1 amide bonds. The van der Waals surface area contributed by atoms with Gasteiger partial charge < -0.3 is 28.8 Å². The Morgan fingerprint density at radius 1 is 0.797 bits per heavy atom. The molecule has 3 heterocycles. The number of carbonyl (C=O) groups is 1. The second kappa shape index (κ2) is 24.3. The van der Waals surface area contributed by atoms with Crippen molar-refractivity contribution in [2.75, 3.05) is 32.8 Å². The van der Waals surface area contributed by atoms with Crippen molar-refractivity contribution in [2.45, 2.75) is 141 Å². The maximum atomic E-state index is 13.2. The van der Waals surface area contributed by atoms with Crippen LogP contribution in [0, 0.1) is 5.92 Å². The van der Waals surface area contributed by atoms with E-state index in [1.54, 1.807) is 32.6 Å². The smallest absolute Gasteiger partial charge is 0.280 e. The average molecular weight is 880 g/mol. The topological polar surface area (TPSA) is 159 Å². The molecule has 4 atom stereocenters. The normalized spacial score (nSPS) is 17.6. The molecule has 1 fully saturated rings. The van der Waals surface area contributed by atoms with E-state index in [1.807, 2.05) is 78.9 Å². The Morgan fingerprint density at radius 3 is 1.86 bits per heavy atom. The number of fused-ring (bicyclic) bond motifs is 1. The lowest BCUT2D eigenvalue weighted by atomic mass is 9.80. The number of aliphatic hydroxyl groups excluding tert-OH is 1. The molecule has 0 spiro atoms. The predicted octanol–water partition coefficient (Wildman–Crippen LogP) is 9.86. The predicted molar refractivity (Wildman–Crippen MR) is 250 cm³/mol. The third-order valence-electron chi connectivity index (χ3n) is 12.2. The van der Waals surface area contributed by atoms with Crippen molar-refractivity contribution in [3.05, 3.63) is 112 Å². The Kier molecular flexibility index (Phi) is 18.4. The van der Waals surface area contributed by atoms with Gasteiger partial charge in [-0.1, -0.05) is 159 Å². The number of H-pyrrole nitrogens is 1. The van der Waals surface area contributed by atoms with Crippen LogP contribution in [0.2, 0.25) is 0 Å². The van der Waals surface area contributed by atoms with Gasteiger partial charge in [-0.15, -0.1) is 0 Å². The Balaban J connectivity index is 1.22. The van der Waals surface area contributed by atoms with Gasteiger partial charge in [-0.25, -0.2) is 4.98 Å². The molecule has 1 aliphatic heterocycles. The molecular weight excluding hydrogens is 811 g/mol. The van der Waals surface area contributed by atoms with Crippen LogP contribution in [0.4, 0.5) is 5.95 Å². The fourth-order valence-electron chi connectivity index (χ4n) is 8.49. The van der Waals surface area contributed by atoms with Crippen LogP contribution >= 0.6 is 0 Å². The molecule has 6 rings (SSSR count). The van der Waals surface area contributed by atoms with Gasteiger partial charge in [-0.2, -0.15) is 4.98 Å². The molecule has 5 aromatic rings. The maximum Gasteiger partial charge on any atom is 0.280 e. The number of nitrogens with zero attached hydrogens (tertiary/aromatic N) is 3. The summed E-state index contributed by atoms with van der Waals surface area (Å²) in [6.45, 7) is 6.11. The number of ether oxygens (including phenoxy) is 5. The van der Waals surface area contributed by atoms with E-state index in [2.05, 4.69) is 27.2 Å². The van der Waals surface area contributed by atoms with E-state index in [9.17, 15) is 14.7 Å². The number of unbranched alkanes of at least 4 members (excludes halogenated alkanes) is 13. The number of aliphatic hydroxyl groups is 1. The number of benzene rings is 3. The van der Waals surface area contributed by atoms with Gasteiger partial charge in [0, 0.05) is 12.5 Å². The zero-order chi connectivity index (χ0) is 45.3. The van der Waals surface area contributed by atoms with Gasteiger partial charge in [0.1, 0.15) is 35.4 Å². The lowest BCUT2D eigenvalue weighted by Gasteiger charge is -2.37. The first-order chi connectivity index (χ1) is 31.2. The number of nitrogens with one attached hydrogen (secondary N) is 2. The van der Waals surface area contributed by atoms with Crippen molar-refractivity contribution in [2.24, 2.45) is 5.92 Å². The number of methoxy groups -OCH3 is 2. The molecular formula is C51H69N5O8. The lowest BCUT2D eigenvalue weighted by molar-refractivity contribution is -0.118. The fraction of sp³-hybridized carbons (Fsp3) is 0.529. The monoisotopic (exact) mass is 880 g/mol. The third-order valence-corrected chi connectivity index (χ3v) is 12.2. The Hall–Kier alpha value is -5.08. The zero-order valence-corrected chi connectivity index (χ0v) is 38.4. The number of aromatic nitrogens is 4. The highest BCUT2D eigenvalue weighted by atomic mass is 16.6. The summed E-state index contributed by atoms with van der Waals surface area (Å²) in [6.07, 6.45) is 15.0. The zero-order valence-electron chi connectivity index (χ0n) is 38.4. The SMILES string of the molecule is CCCCCCCCCCCCCCCCO[C@@H]1[C@H](O)[C@@H](COC(c2ccccc2)(c2ccc(OC)cc2)c2ccc(OC)cc2)O[C@H]1n1cnc2c(=O)[nH]c(NC(=O)C(C)C)nc21. The number of anilines is 1. The van der Waals surface area contributed by atoms with Crippen molar-refractivity contribution in [3.63, 3.8) is 0 Å². The van der Waals surface area contributed by atoms with Crippen molar-refractivity contribution < 1.29 is 33.6 Å². The van der Waals surface area contributed by atoms with Crippen LogP contribution in [0.1, 0.15) is 134 Å². The molecule has 13 nitrogen and oxygen atoms in total. The number of hydrogen-bond acceptors (Lipinski definition) is 10. The number of hydrogen-bond donors (Lipinski definition) is 3. The van der Waals surface area contributed by atoms with E-state index >= 15 is 0 Å². The van der Waals surface area contributed by atoms with Crippen LogP contribution in [0.25, 0.3) is 11.2 Å². The van der Waals surface area contributed by atoms with Gasteiger partial charge in [0.2, 0.25) is 11.9 Å². The summed E-state index contributed by atoms with van der Waals surface area (Å²) >= 11 is 0. The number of carbonyl (C=O) groups excluding carboxylic acids is 1. The number of rotatable bonds is 27. The van der Waals surface area contributed by atoms with Gasteiger partial charge in [-0.05, 0) is 47.4 Å². The molecule has 0 saturated carbocycles. The summed E-state index contributed by atoms with van der Waals surface area (Å²) in [5, 5.41) is 14.9. The summed E-state index contributed by atoms with van der Waals surface area (Å²) in [6, 6.07) is 25.4. The minimum absolute atomic E-state index is 0.0112. The number of imidazole rings is 1. The molecule has 0 bridgehead atoms. The Bertz CT molecular complexity index is 2160. The van der Waals surface area contributed by atoms with Crippen LogP contribution in [0.3, 0.4) is 0 Å². The van der Waals surface area contributed by atoms with Gasteiger partial charge in [0.05, 0.1) is 27.2 Å². The van der Waals surface area contributed by atoms with E-state index in [4.69, 9.17) is 23.7 Å². The standard InChI is InChI=1S/C51H69N5O8/c1-6-7-8-9-10-11-12-13-14-15-16-17-18-22-33-62-45-44(57)42(64-49(45)56-35-52-43-46(56)53-50(55-48(43)59)54-47(58)36(2)3)34-63-51(37-23-20-19-21-24-37,38-25-29-40(60-4)30-26-38)39-27-31-41(61-5)32-28-39/h19-21,23-32,35-36,42,44-45,49,57H,6-18,22,33-34H2,1-5H3,(H2,53,54,55,58,59)/t42-,44-,45-,49-/m1/s1. The molecule has 1 aliphatic rings. The third kappa shape index (κ3) is 12.2. The second-order valence-corrected chi connectivity index (χ2v) is 17.2. The fourth-order valence-corrected chi connectivity index (χ4v) is 8.49. The van der Waals surface area contributed by atoms with Crippen LogP contribution in [0.5, 0.6) is 11.5 Å². The second-order valence-electron chi connectivity index (χ2n) is 17.2. The minimum atomic E-state index is -1.16. The van der Waals surface area contributed by atoms with Crippen LogP contribution < -0.4 is 20.3 Å². The first-order valence-electron chi connectivity index (χ1n) is 23.4. The van der Waals surface area contributed by atoms with Gasteiger partial charge >= 0.3 is 0 Å². The molecule has 3 aromatic carbocycles. The quantitative estimate of drug-likeness (QED) is 0.0342. The van der Waals surface area contributed by atoms with E-state index in [0.29, 0.717) is 18.1 Å². The number of aromatic amines is 1. The van der Waals surface area contributed by atoms with Gasteiger partial charge in [0.25, 0.3) is 5.56 Å².